The van der Waals surface area contributed by atoms with Gasteiger partial charge in [0.1, 0.15) is 5.82 Å². The van der Waals surface area contributed by atoms with Crippen molar-refractivity contribution in [1.82, 2.24) is 15.1 Å². The quantitative estimate of drug-likeness (QED) is 0.334. The van der Waals surface area contributed by atoms with E-state index in [1.165, 1.54) is 31.0 Å². The minimum Gasteiger partial charge on any atom is -0.466 e. The summed E-state index contributed by atoms with van der Waals surface area (Å²) in [7, 11) is 0. The van der Waals surface area contributed by atoms with Crippen molar-refractivity contribution in [2.24, 2.45) is 17.8 Å². The van der Waals surface area contributed by atoms with Gasteiger partial charge in [0.15, 0.2) is 5.69 Å². The third kappa shape index (κ3) is 5.26. The molecule has 4 aliphatic carbocycles. The lowest BCUT2D eigenvalue weighted by atomic mass is 9.84. The van der Waals surface area contributed by atoms with Crippen molar-refractivity contribution in [3.63, 3.8) is 0 Å². The predicted molar refractivity (Wildman–Crippen MR) is 147 cm³/mol. The summed E-state index contributed by atoms with van der Waals surface area (Å²) in [4.78, 5) is 26.9. The van der Waals surface area contributed by atoms with Crippen LogP contribution < -0.4 is 5.32 Å². The predicted octanol–water partition coefficient (Wildman–Crippen LogP) is 6.29. The highest BCUT2D eigenvalue weighted by Gasteiger charge is 2.52. The van der Waals surface area contributed by atoms with Gasteiger partial charge < -0.3 is 10.1 Å². The molecule has 1 aromatic carbocycles. The number of aromatic nitrogens is 2. The third-order valence-corrected chi connectivity index (χ3v) is 9.95. The number of hydrogen-bond acceptors (Lipinski definition) is 4. The van der Waals surface area contributed by atoms with Crippen molar-refractivity contribution >= 4 is 11.9 Å². The second-order valence-corrected chi connectivity index (χ2v) is 12.3. The molecule has 5 atom stereocenters. The summed E-state index contributed by atoms with van der Waals surface area (Å²) >= 11 is 0. The Morgan fingerprint density at radius 3 is 2.64 bits per heavy atom. The fourth-order valence-electron chi connectivity index (χ4n) is 8.22. The molecule has 1 N–H and O–H groups in total. The summed E-state index contributed by atoms with van der Waals surface area (Å²) in [6.45, 7) is 2.20. The first-order valence-electron chi connectivity index (χ1n) is 15.4. The van der Waals surface area contributed by atoms with Gasteiger partial charge in [-0.05, 0) is 94.2 Å². The maximum absolute atomic E-state index is 14.1. The molecule has 6 nitrogen and oxygen atoms in total. The van der Waals surface area contributed by atoms with Gasteiger partial charge in [-0.3, -0.25) is 14.3 Å². The number of nitrogens with zero attached hydrogens (tertiary/aromatic N) is 2. The fourth-order valence-corrected chi connectivity index (χ4v) is 8.22. The Bertz CT molecular complexity index is 1200. The van der Waals surface area contributed by atoms with E-state index >= 15 is 0 Å². The van der Waals surface area contributed by atoms with E-state index in [2.05, 4.69) is 10.00 Å². The molecule has 7 heteroatoms. The van der Waals surface area contributed by atoms with Gasteiger partial charge in [0, 0.05) is 23.2 Å². The molecule has 0 radical (unpaired) electrons. The monoisotopic (exact) mass is 535 g/mol. The number of carbonyl (C=O) groups excluding carboxylic acids is 2. The smallest absolute Gasteiger partial charge is 0.311 e. The van der Waals surface area contributed by atoms with Crippen LogP contribution in [-0.4, -0.2) is 34.3 Å². The van der Waals surface area contributed by atoms with Crippen LogP contribution in [0.1, 0.15) is 117 Å². The zero-order chi connectivity index (χ0) is 26.9. The molecule has 1 heterocycles. The lowest BCUT2D eigenvalue weighted by Crippen LogP contribution is -2.47. The Morgan fingerprint density at radius 2 is 1.85 bits per heavy atom. The van der Waals surface area contributed by atoms with Crippen molar-refractivity contribution in [3.8, 4) is 0 Å². The van der Waals surface area contributed by atoms with Gasteiger partial charge in [0.25, 0.3) is 5.91 Å². The molecular formula is C32H42FN3O3. The number of amides is 1. The number of benzene rings is 1. The summed E-state index contributed by atoms with van der Waals surface area (Å²) < 4.78 is 21.7. The molecule has 4 aliphatic rings. The Morgan fingerprint density at radius 1 is 1.05 bits per heavy atom. The third-order valence-electron chi connectivity index (χ3n) is 9.95. The first-order chi connectivity index (χ1) is 19.0. The van der Waals surface area contributed by atoms with Gasteiger partial charge in [-0.25, -0.2) is 4.39 Å². The topological polar surface area (TPSA) is 73.2 Å². The van der Waals surface area contributed by atoms with Crippen LogP contribution in [0.3, 0.4) is 0 Å². The van der Waals surface area contributed by atoms with E-state index in [9.17, 15) is 14.0 Å². The van der Waals surface area contributed by atoms with Crippen LogP contribution in [0.2, 0.25) is 0 Å². The van der Waals surface area contributed by atoms with Crippen molar-refractivity contribution in [1.29, 1.82) is 0 Å². The molecule has 1 aromatic heterocycles. The van der Waals surface area contributed by atoms with E-state index in [1.54, 1.807) is 12.1 Å². The lowest BCUT2D eigenvalue weighted by molar-refractivity contribution is -0.150. The minimum absolute atomic E-state index is 0.140. The molecule has 1 amide bonds. The Hall–Kier alpha value is -2.70. The minimum atomic E-state index is -0.257. The normalized spacial score (nSPS) is 28.6. The van der Waals surface area contributed by atoms with Crippen LogP contribution in [-0.2, 0) is 22.4 Å². The van der Waals surface area contributed by atoms with E-state index in [0.717, 1.165) is 75.3 Å². The molecule has 0 saturated heterocycles. The summed E-state index contributed by atoms with van der Waals surface area (Å²) in [6.07, 6.45) is 13.6. The average Bonchev–Trinajstić information content (AvgIpc) is 3.61. The van der Waals surface area contributed by atoms with E-state index < -0.39 is 0 Å². The van der Waals surface area contributed by atoms with Gasteiger partial charge in [0.05, 0.1) is 18.6 Å². The summed E-state index contributed by atoms with van der Waals surface area (Å²) in [5.74, 6) is 0.0579. The van der Waals surface area contributed by atoms with Gasteiger partial charge in [-0.15, -0.1) is 0 Å². The maximum atomic E-state index is 14.1. The van der Waals surface area contributed by atoms with Crippen LogP contribution in [0.25, 0.3) is 0 Å². The van der Waals surface area contributed by atoms with Gasteiger partial charge in [-0.1, -0.05) is 37.8 Å². The number of carbonyl (C=O) groups is 2. The van der Waals surface area contributed by atoms with Crippen molar-refractivity contribution in [2.45, 2.75) is 108 Å². The molecule has 3 saturated carbocycles. The Balaban J connectivity index is 1.34. The highest BCUT2D eigenvalue weighted by molar-refractivity contribution is 5.95. The van der Waals surface area contributed by atoms with E-state index in [1.807, 2.05) is 13.0 Å². The van der Waals surface area contributed by atoms with Crippen LogP contribution in [0, 0.1) is 23.6 Å². The highest BCUT2D eigenvalue weighted by Crippen LogP contribution is 2.49. The highest BCUT2D eigenvalue weighted by atomic mass is 19.1. The van der Waals surface area contributed by atoms with Gasteiger partial charge in [0.2, 0.25) is 0 Å². The van der Waals surface area contributed by atoms with Crippen LogP contribution >= 0.6 is 0 Å². The number of fused-ring (bicyclic) bond motifs is 3. The zero-order valence-electron chi connectivity index (χ0n) is 23.2. The molecule has 2 bridgehead atoms. The standard InChI is InChI=1S/C32H42FN3O3/c1-2-39-32(38)27-21-15-16-22(19-21)28(27)34-31(37)29-26-14-7-6-10-23(17-20-9-8-11-24(33)18-20)30(26)36(35-29)25-12-4-3-5-13-25/h8-9,11,18,21-23,25,27-28H,2-7,10,12-17,19H2,1H3,(H,34,37)/t21?,22?,23?,27-,28+/m1/s1. The molecule has 3 unspecified atom stereocenters. The number of nitrogens with one attached hydrogen (secondary N) is 1. The molecule has 210 valence electrons. The molecule has 6 rings (SSSR count). The van der Waals surface area contributed by atoms with E-state index in [4.69, 9.17) is 9.84 Å². The molecule has 2 aromatic rings. The number of hydrogen-bond donors (Lipinski definition) is 1. The summed E-state index contributed by atoms with van der Waals surface area (Å²) in [5.41, 5.74) is 3.82. The Kier molecular flexibility index (Phi) is 7.77. The molecule has 0 aliphatic heterocycles. The largest absolute Gasteiger partial charge is 0.466 e. The number of halogens is 1. The van der Waals surface area contributed by atoms with Gasteiger partial charge in [-0.2, -0.15) is 5.10 Å². The zero-order valence-corrected chi connectivity index (χ0v) is 23.2. The van der Waals surface area contributed by atoms with Crippen molar-refractivity contribution < 1.29 is 18.7 Å². The number of ether oxygens (including phenoxy) is 1. The van der Waals surface area contributed by atoms with Crippen molar-refractivity contribution in [2.75, 3.05) is 6.61 Å². The summed E-state index contributed by atoms with van der Waals surface area (Å²) in [5, 5.41) is 8.40. The van der Waals surface area contributed by atoms with Crippen LogP contribution in [0.4, 0.5) is 4.39 Å². The second-order valence-electron chi connectivity index (χ2n) is 12.3. The van der Waals surface area contributed by atoms with E-state index in [0.29, 0.717) is 30.2 Å². The molecule has 39 heavy (non-hydrogen) atoms. The first-order valence-corrected chi connectivity index (χ1v) is 15.4. The average molecular weight is 536 g/mol. The SMILES string of the molecule is CCOC(=O)[C@@H]1C2CCC(C2)[C@@H]1NC(=O)c1nn(C2CCCCC2)c2c1CCCCC2Cc1cccc(F)c1. The maximum Gasteiger partial charge on any atom is 0.311 e. The second kappa shape index (κ2) is 11.4. The van der Waals surface area contributed by atoms with Crippen LogP contribution in [0.5, 0.6) is 0 Å². The molecule has 3 fully saturated rings. The van der Waals surface area contributed by atoms with E-state index in [-0.39, 0.29) is 35.6 Å². The van der Waals surface area contributed by atoms with Crippen molar-refractivity contribution in [3.05, 3.63) is 52.6 Å². The molecule has 0 spiro atoms. The lowest BCUT2D eigenvalue weighted by Gasteiger charge is -2.30. The fraction of sp³-hybridized carbons (Fsp3) is 0.656. The number of rotatable bonds is 7. The first kappa shape index (κ1) is 26.5. The Labute approximate surface area is 231 Å². The van der Waals surface area contributed by atoms with Crippen LogP contribution in [0.15, 0.2) is 24.3 Å². The van der Waals surface area contributed by atoms with Gasteiger partial charge >= 0.3 is 5.97 Å². The summed E-state index contributed by atoms with van der Waals surface area (Å²) in [6, 6.07) is 7.05. The molecular weight excluding hydrogens is 493 g/mol. The number of esters is 1.